The highest BCUT2D eigenvalue weighted by molar-refractivity contribution is 5.93. The van der Waals surface area contributed by atoms with E-state index in [1.807, 2.05) is 0 Å². The number of hydrogen-bond acceptors (Lipinski definition) is 3. The Labute approximate surface area is 106 Å². The van der Waals surface area contributed by atoms with Gasteiger partial charge in [-0.15, -0.1) is 0 Å². The summed E-state index contributed by atoms with van der Waals surface area (Å²) in [7, 11) is 1.66. The van der Waals surface area contributed by atoms with E-state index in [1.165, 1.54) is 10.9 Å². The van der Waals surface area contributed by atoms with Crippen molar-refractivity contribution in [3.63, 3.8) is 0 Å². The Bertz CT molecular complexity index is 475. The second-order valence-electron chi connectivity index (χ2n) is 5.35. The van der Waals surface area contributed by atoms with E-state index in [-0.39, 0.29) is 5.91 Å². The number of nitrogens with zero attached hydrogens (tertiary/aromatic N) is 2. The molecular weight excluding hydrogens is 234 g/mol. The number of amides is 1. The third kappa shape index (κ3) is 2.37. The van der Waals surface area contributed by atoms with Crippen LogP contribution in [0.5, 0.6) is 0 Å². The Kier molecular flexibility index (Phi) is 3.50. The van der Waals surface area contributed by atoms with E-state index < -0.39 is 16.9 Å². The number of carboxylic acids is 1. The van der Waals surface area contributed by atoms with Gasteiger partial charge in [0.15, 0.2) is 0 Å². The fourth-order valence-electron chi connectivity index (χ4n) is 1.37. The second kappa shape index (κ2) is 4.44. The molecule has 1 amide bonds. The molecule has 1 rings (SSSR count). The molecule has 1 aromatic heterocycles. The van der Waals surface area contributed by atoms with E-state index in [9.17, 15) is 14.7 Å². The number of aryl methyl sites for hydroxylation is 1. The van der Waals surface area contributed by atoms with Crippen LogP contribution in [0.3, 0.4) is 0 Å². The van der Waals surface area contributed by atoms with Gasteiger partial charge in [-0.3, -0.25) is 14.3 Å². The molecule has 0 unspecified atom stereocenters. The molecule has 0 aromatic carbocycles. The minimum atomic E-state index is -1.08. The summed E-state index contributed by atoms with van der Waals surface area (Å²) < 4.78 is 1.44. The Balaban J connectivity index is 2.94. The van der Waals surface area contributed by atoms with E-state index in [0.717, 1.165) is 0 Å². The second-order valence-corrected chi connectivity index (χ2v) is 5.35. The number of carboxylic acid groups (broad SMARTS) is 1. The van der Waals surface area contributed by atoms with Crippen molar-refractivity contribution in [2.75, 3.05) is 0 Å². The highest BCUT2D eigenvalue weighted by Gasteiger charge is 2.44. The summed E-state index contributed by atoms with van der Waals surface area (Å²) in [5.41, 5.74) is -1.58. The molecular formula is C12H19N3O3. The summed E-state index contributed by atoms with van der Waals surface area (Å²) in [6.45, 7) is 6.54. The monoisotopic (exact) mass is 253 g/mol. The molecule has 0 saturated carbocycles. The van der Waals surface area contributed by atoms with E-state index in [1.54, 1.807) is 40.8 Å². The van der Waals surface area contributed by atoms with E-state index in [2.05, 4.69) is 10.4 Å². The molecule has 0 spiro atoms. The van der Waals surface area contributed by atoms with Gasteiger partial charge in [0, 0.05) is 13.2 Å². The van der Waals surface area contributed by atoms with Gasteiger partial charge in [-0.25, -0.2) is 0 Å². The minimum absolute atomic E-state index is 0.339. The molecule has 100 valence electrons. The Hall–Kier alpha value is -1.85. The lowest BCUT2D eigenvalue weighted by molar-refractivity contribution is -0.150. The quantitative estimate of drug-likeness (QED) is 0.839. The van der Waals surface area contributed by atoms with Crippen LogP contribution < -0.4 is 5.32 Å². The zero-order valence-corrected chi connectivity index (χ0v) is 11.3. The number of aliphatic carboxylic acids is 1. The molecule has 0 aliphatic rings. The number of carbonyl (C=O) groups is 2. The van der Waals surface area contributed by atoms with Gasteiger partial charge in [-0.2, -0.15) is 5.10 Å². The van der Waals surface area contributed by atoms with E-state index in [4.69, 9.17) is 0 Å². The largest absolute Gasteiger partial charge is 0.481 e. The summed E-state index contributed by atoms with van der Waals surface area (Å²) >= 11 is 0. The topological polar surface area (TPSA) is 84.2 Å². The molecule has 0 saturated heterocycles. The molecule has 18 heavy (non-hydrogen) atoms. The van der Waals surface area contributed by atoms with Crippen molar-refractivity contribution >= 4 is 11.9 Å². The number of aromatic nitrogens is 2. The molecule has 1 heterocycles. The van der Waals surface area contributed by atoms with E-state index in [0.29, 0.717) is 5.69 Å². The lowest BCUT2D eigenvalue weighted by Crippen LogP contribution is -2.57. The fourth-order valence-corrected chi connectivity index (χ4v) is 1.37. The average Bonchev–Trinajstić information content (AvgIpc) is 2.63. The predicted octanol–water partition coefficient (Wildman–Crippen LogP) is 1.04. The van der Waals surface area contributed by atoms with Gasteiger partial charge in [0.05, 0.1) is 11.0 Å². The van der Waals surface area contributed by atoms with Crippen LogP contribution in [0.15, 0.2) is 12.3 Å². The Morgan fingerprint density at radius 1 is 1.33 bits per heavy atom. The van der Waals surface area contributed by atoms with Gasteiger partial charge in [0.2, 0.25) is 0 Å². The normalized spacial score (nSPS) is 12.3. The van der Waals surface area contributed by atoms with Crippen LogP contribution in [0.2, 0.25) is 0 Å². The summed E-state index contributed by atoms with van der Waals surface area (Å²) in [4.78, 5) is 23.3. The lowest BCUT2D eigenvalue weighted by Gasteiger charge is -2.38. The van der Waals surface area contributed by atoms with Crippen LogP contribution in [-0.4, -0.2) is 32.3 Å². The van der Waals surface area contributed by atoms with Gasteiger partial charge >= 0.3 is 5.97 Å². The molecule has 0 aliphatic carbocycles. The Morgan fingerprint density at radius 3 is 2.28 bits per heavy atom. The van der Waals surface area contributed by atoms with Gasteiger partial charge in [-0.05, 0) is 33.8 Å². The average molecular weight is 253 g/mol. The van der Waals surface area contributed by atoms with Crippen molar-refractivity contribution in [3.8, 4) is 0 Å². The van der Waals surface area contributed by atoms with Crippen LogP contribution in [-0.2, 0) is 11.8 Å². The van der Waals surface area contributed by atoms with Crippen molar-refractivity contribution in [2.45, 2.75) is 33.2 Å². The zero-order chi connectivity index (χ0) is 14.1. The maximum Gasteiger partial charge on any atom is 0.311 e. The molecule has 0 bridgehead atoms. The van der Waals surface area contributed by atoms with Crippen molar-refractivity contribution in [2.24, 2.45) is 12.5 Å². The molecule has 6 heteroatoms. The first-order valence-corrected chi connectivity index (χ1v) is 5.63. The lowest BCUT2D eigenvalue weighted by atomic mass is 9.74. The van der Waals surface area contributed by atoms with Crippen LogP contribution in [0.4, 0.5) is 0 Å². The van der Waals surface area contributed by atoms with Crippen molar-refractivity contribution in [1.82, 2.24) is 15.1 Å². The van der Waals surface area contributed by atoms with Crippen molar-refractivity contribution in [1.29, 1.82) is 0 Å². The fraction of sp³-hybridized carbons (Fsp3) is 0.583. The standard InChI is InChI=1S/C12H19N3O3/c1-11(2,10(17)18)12(3,4)14-9(16)8-6-7-13-15(8)5/h6-7H,1-5H3,(H,14,16)(H,17,18). The van der Waals surface area contributed by atoms with Gasteiger partial charge in [0.25, 0.3) is 5.91 Å². The highest BCUT2D eigenvalue weighted by atomic mass is 16.4. The number of carbonyl (C=O) groups excluding carboxylic acids is 1. The van der Waals surface area contributed by atoms with Crippen molar-refractivity contribution < 1.29 is 14.7 Å². The van der Waals surface area contributed by atoms with Gasteiger partial charge < -0.3 is 10.4 Å². The third-order valence-electron chi connectivity index (χ3n) is 3.58. The zero-order valence-electron chi connectivity index (χ0n) is 11.3. The molecule has 0 atom stereocenters. The van der Waals surface area contributed by atoms with Gasteiger partial charge in [-0.1, -0.05) is 0 Å². The SMILES string of the molecule is Cn1nccc1C(=O)NC(C)(C)C(C)(C)C(=O)O. The molecule has 0 aliphatic heterocycles. The van der Waals surface area contributed by atoms with E-state index >= 15 is 0 Å². The Morgan fingerprint density at radius 2 is 1.89 bits per heavy atom. The summed E-state index contributed by atoms with van der Waals surface area (Å²) in [6, 6.07) is 1.58. The first-order valence-electron chi connectivity index (χ1n) is 5.63. The molecule has 6 nitrogen and oxygen atoms in total. The van der Waals surface area contributed by atoms with Crippen LogP contribution in [0, 0.1) is 5.41 Å². The summed E-state index contributed by atoms with van der Waals surface area (Å²) in [6.07, 6.45) is 1.52. The molecule has 0 fully saturated rings. The van der Waals surface area contributed by atoms with Crippen LogP contribution in [0.1, 0.15) is 38.2 Å². The first kappa shape index (κ1) is 14.2. The summed E-state index contributed by atoms with van der Waals surface area (Å²) in [5.74, 6) is -1.30. The maximum absolute atomic E-state index is 12.0. The number of hydrogen-bond donors (Lipinski definition) is 2. The molecule has 0 radical (unpaired) electrons. The maximum atomic E-state index is 12.0. The van der Waals surface area contributed by atoms with Crippen molar-refractivity contribution in [3.05, 3.63) is 18.0 Å². The molecule has 2 N–H and O–H groups in total. The van der Waals surface area contributed by atoms with Crippen LogP contribution in [0.25, 0.3) is 0 Å². The van der Waals surface area contributed by atoms with Gasteiger partial charge in [0.1, 0.15) is 5.69 Å². The first-order chi connectivity index (χ1) is 8.09. The third-order valence-corrected chi connectivity index (χ3v) is 3.58. The minimum Gasteiger partial charge on any atom is -0.481 e. The number of nitrogens with one attached hydrogen (secondary N) is 1. The molecule has 1 aromatic rings. The van der Waals surface area contributed by atoms with Crippen LogP contribution >= 0.6 is 0 Å². The summed E-state index contributed by atoms with van der Waals surface area (Å²) in [5, 5.41) is 15.9. The smallest absolute Gasteiger partial charge is 0.311 e. The highest BCUT2D eigenvalue weighted by Crippen LogP contribution is 2.30. The number of rotatable bonds is 4. The predicted molar refractivity (Wildman–Crippen MR) is 66.2 cm³/mol.